The molecule has 2 atom stereocenters. The molecule has 90 valence electrons. The molecule has 1 rings (SSSR count). The Hall–Kier alpha value is -1.39. The van der Waals surface area contributed by atoms with Crippen LogP contribution in [0.5, 0.6) is 0 Å². The lowest BCUT2D eigenvalue weighted by molar-refractivity contribution is -0.151. The van der Waals surface area contributed by atoms with Crippen molar-refractivity contribution in [3.8, 4) is 0 Å². The van der Waals surface area contributed by atoms with Gasteiger partial charge in [0.1, 0.15) is 0 Å². The van der Waals surface area contributed by atoms with E-state index in [-0.39, 0.29) is 30.2 Å². The Bertz CT molecular complexity index is 328. The van der Waals surface area contributed by atoms with E-state index in [1.54, 1.807) is 13.8 Å². The molecule has 0 aromatic rings. The summed E-state index contributed by atoms with van der Waals surface area (Å²) in [6.07, 6.45) is 0. The lowest BCUT2D eigenvalue weighted by Gasteiger charge is -2.25. The van der Waals surface area contributed by atoms with E-state index in [1.165, 1.54) is 13.8 Å². The van der Waals surface area contributed by atoms with E-state index in [4.69, 9.17) is 5.11 Å². The third-order valence-electron chi connectivity index (χ3n) is 3.19. The van der Waals surface area contributed by atoms with Crippen molar-refractivity contribution in [1.82, 2.24) is 4.90 Å². The molecule has 5 heteroatoms. The largest absolute Gasteiger partial charge is 0.481 e. The Morgan fingerprint density at radius 2 is 1.62 bits per heavy atom. The minimum absolute atomic E-state index is 0.0608. The van der Waals surface area contributed by atoms with Crippen molar-refractivity contribution in [3.05, 3.63) is 0 Å². The molecule has 2 unspecified atom stereocenters. The standard InChI is InChI=1S/C11H17NO4/c1-6-7(2)9(14)12(8(6)13)5-11(3,4)10(15)16/h6-7H,5H2,1-4H3,(H,15,16). The molecule has 0 aliphatic carbocycles. The molecule has 1 fully saturated rings. The molecule has 1 aliphatic heterocycles. The number of likely N-dealkylation sites (tertiary alicyclic amines) is 1. The zero-order valence-corrected chi connectivity index (χ0v) is 9.98. The normalized spacial score (nSPS) is 26.4. The number of hydrogen-bond acceptors (Lipinski definition) is 3. The van der Waals surface area contributed by atoms with Gasteiger partial charge in [-0.15, -0.1) is 0 Å². The molecule has 0 saturated carbocycles. The molecule has 1 N–H and O–H groups in total. The van der Waals surface area contributed by atoms with Crippen molar-refractivity contribution >= 4 is 17.8 Å². The molecule has 1 aliphatic rings. The van der Waals surface area contributed by atoms with E-state index in [2.05, 4.69) is 0 Å². The summed E-state index contributed by atoms with van der Waals surface area (Å²) < 4.78 is 0. The number of aliphatic carboxylic acids is 1. The van der Waals surface area contributed by atoms with Crippen molar-refractivity contribution in [3.63, 3.8) is 0 Å². The molecular formula is C11H17NO4. The maximum atomic E-state index is 11.7. The summed E-state index contributed by atoms with van der Waals surface area (Å²) in [5.41, 5.74) is -1.10. The lowest BCUT2D eigenvalue weighted by Crippen LogP contribution is -2.42. The first-order valence-electron chi connectivity index (χ1n) is 5.27. The number of carboxylic acids is 1. The van der Waals surface area contributed by atoms with Gasteiger partial charge in [0.15, 0.2) is 0 Å². The highest BCUT2D eigenvalue weighted by molar-refractivity contribution is 6.05. The molecule has 16 heavy (non-hydrogen) atoms. The van der Waals surface area contributed by atoms with Gasteiger partial charge in [-0.1, -0.05) is 13.8 Å². The zero-order valence-electron chi connectivity index (χ0n) is 9.98. The van der Waals surface area contributed by atoms with Crippen LogP contribution >= 0.6 is 0 Å². The van der Waals surface area contributed by atoms with E-state index >= 15 is 0 Å². The van der Waals surface area contributed by atoms with Gasteiger partial charge in [0.05, 0.1) is 5.41 Å². The van der Waals surface area contributed by atoms with Crippen LogP contribution in [0.15, 0.2) is 0 Å². The van der Waals surface area contributed by atoms with Crippen LogP contribution in [0.4, 0.5) is 0 Å². The smallest absolute Gasteiger partial charge is 0.310 e. The van der Waals surface area contributed by atoms with Crippen LogP contribution in [0.2, 0.25) is 0 Å². The number of carbonyl (C=O) groups excluding carboxylic acids is 2. The molecule has 0 aromatic carbocycles. The van der Waals surface area contributed by atoms with Crippen molar-refractivity contribution in [2.45, 2.75) is 27.7 Å². The van der Waals surface area contributed by atoms with E-state index in [1.807, 2.05) is 0 Å². The summed E-state index contributed by atoms with van der Waals surface area (Å²) in [5, 5.41) is 8.96. The average Bonchev–Trinajstić information content (AvgIpc) is 2.35. The second-order valence-corrected chi connectivity index (χ2v) is 5.03. The van der Waals surface area contributed by atoms with Crippen molar-refractivity contribution in [2.24, 2.45) is 17.3 Å². The molecule has 0 spiro atoms. The zero-order chi connectivity index (χ0) is 12.7. The lowest BCUT2D eigenvalue weighted by atomic mass is 9.93. The summed E-state index contributed by atoms with van der Waals surface area (Å²) >= 11 is 0. The summed E-state index contributed by atoms with van der Waals surface area (Å²) in [7, 11) is 0. The van der Waals surface area contributed by atoms with Crippen LogP contribution in [0.3, 0.4) is 0 Å². The maximum absolute atomic E-state index is 11.7. The molecule has 1 heterocycles. The molecular weight excluding hydrogens is 210 g/mol. The van der Waals surface area contributed by atoms with E-state index < -0.39 is 11.4 Å². The SMILES string of the molecule is CC1C(=O)N(CC(C)(C)C(=O)O)C(=O)C1C. The number of carbonyl (C=O) groups is 3. The fourth-order valence-corrected chi connectivity index (χ4v) is 1.65. The van der Waals surface area contributed by atoms with Gasteiger partial charge in [0.25, 0.3) is 0 Å². The van der Waals surface area contributed by atoms with Crippen LogP contribution in [0.1, 0.15) is 27.7 Å². The Morgan fingerprint density at radius 3 is 1.94 bits per heavy atom. The van der Waals surface area contributed by atoms with Crippen molar-refractivity contribution < 1.29 is 19.5 Å². The number of hydrogen-bond donors (Lipinski definition) is 1. The fraction of sp³-hybridized carbons (Fsp3) is 0.727. The first-order valence-corrected chi connectivity index (χ1v) is 5.27. The van der Waals surface area contributed by atoms with E-state index in [0.717, 1.165) is 4.90 Å². The van der Waals surface area contributed by atoms with Gasteiger partial charge in [-0.2, -0.15) is 0 Å². The highest BCUT2D eigenvalue weighted by Crippen LogP contribution is 2.28. The predicted octanol–water partition coefficient (Wildman–Crippen LogP) is 0.738. The summed E-state index contributed by atoms with van der Waals surface area (Å²) in [6, 6.07) is 0. The Kier molecular flexibility index (Phi) is 3.08. The van der Waals surface area contributed by atoms with Crippen molar-refractivity contribution in [2.75, 3.05) is 6.54 Å². The van der Waals surface area contributed by atoms with Gasteiger partial charge in [-0.3, -0.25) is 19.3 Å². The number of imide groups is 1. The second kappa shape index (κ2) is 3.88. The number of carboxylic acid groups (broad SMARTS) is 1. The van der Waals surface area contributed by atoms with Gasteiger partial charge in [0.2, 0.25) is 11.8 Å². The third-order valence-corrected chi connectivity index (χ3v) is 3.19. The molecule has 0 bridgehead atoms. The summed E-state index contributed by atoms with van der Waals surface area (Å²) in [5.74, 6) is -2.26. The van der Waals surface area contributed by atoms with Gasteiger partial charge in [0, 0.05) is 18.4 Å². The topological polar surface area (TPSA) is 74.7 Å². The molecule has 0 aromatic heterocycles. The molecule has 2 amide bonds. The first kappa shape index (κ1) is 12.7. The van der Waals surface area contributed by atoms with E-state index in [0.29, 0.717) is 0 Å². The van der Waals surface area contributed by atoms with Gasteiger partial charge < -0.3 is 5.11 Å². The van der Waals surface area contributed by atoms with Crippen LogP contribution < -0.4 is 0 Å². The molecule has 1 saturated heterocycles. The maximum Gasteiger partial charge on any atom is 0.310 e. The fourth-order valence-electron chi connectivity index (χ4n) is 1.65. The average molecular weight is 227 g/mol. The van der Waals surface area contributed by atoms with E-state index in [9.17, 15) is 14.4 Å². The number of nitrogens with zero attached hydrogens (tertiary/aromatic N) is 1. The number of amides is 2. The quantitative estimate of drug-likeness (QED) is 0.721. The van der Waals surface area contributed by atoms with Gasteiger partial charge in [-0.25, -0.2) is 0 Å². The molecule has 0 radical (unpaired) electrons. The Labute approximate surface area is 94.4 Å². The Balaban J connectivity index is 2.87. The molecule has 5 nitrogen and oxygen atoms in total. The van der Waals surface area contributed by atoms with Crippen molar-refractivity contribution in [1.29, 1.82) is 0 Å². The second-order valence-electron chi connectivity index (χ2n) is 5.03. The summed E-state index contributed by atoms with van der Waals surface area (Å²) in [4.78, 5) is 35.5. The highest BCUT2D eigenvalue weighted by Gasteiger charge is 2.45. The third kappa shape index (κ3) is 1.94. The van der Waals surface area contributed by atoms with Crippen LogP contribution in [-0.2, 0) is 14.4 Å². The predicted molar refractivity (Wildman–Crippen MR) is 56.5 cm³/mol. The Morgan fingerprint density at radius 1 is 1.25 bits per heavy atom. The monoisotopic (exact) mass is 227 g/mol. The minimum atomic E-state index is -1.10. The summed E-state index contributed by atoms with van der Waals surface area (Å²) in [6.45, 7) is 6.33. The minimum Gasteiger partial charge on any atom is -0.481 e. The van der Waals surface area contributed by atoms with Crippen LogP contribution in [0.25, 0.3) is 0 Å². The van der Waals surface area contributed by atoms with Crippen LogP contribution in [-0.4, -0.2) is 34.3 Å². The van der Waals surface area contributed by atoms with Gasteiger partial charge >= 0.3 is 5.97 Å². The van der Waals surface area contributed by atoms with Gasteiger partial charge in [-0.05, 0) is 13.8 Å². The van der Waals surface area contributed by atoms with Crippen LogP contribution in [0, 0.1) is 17.3 Å². The first-order chi connectivity index (χ1) is 7.18. The highest BCUT2D eigenvalue weighted by atomic mass is 16.4. The number of rotatable bonds is 3.